The minimum absolute atomic E-state index is 0.0330. The van der Waals surface area contributed by atoms with Crippen LogP contribution in [0.25, 0.3) is 0 Å². The normalized spacial score (nSPS) is 13.9. The van der Waals surface area contributed by atoms with E-state index in [-0.39, 0.29) is 37.4 Å². The van der Waals surface area contributed by atoms with Crippen LogP contribution in [0.2, 0.25) is 0 Å². The molecule has 0 aliphatic rings. The molecule has 0 aliphatic carbocycles. The summed E-state index contributed by atoms with van der Waals surface area (Å²) in [5.41, 5.74) is 0. The summed E-state index contributed by atoms with van der Waals surface area (Å²) in [6, 6.07) is 0. The minimum atomic E-state index is -0.518. The van der Waals surface area contributed by atoms with Crippen molar-refractivity contribution in [2.75, 3.05) is 33.5 Å². The average molecular weight is 731 g/mol. The highest BCUT2D eigenvalue weighted by molar-refractivity contribution is 5.69. The Hall–Kier alpha value is -1.26. The van der Waals surface area contributed by atoms with E-state index in [4.69, 9.17) is 24.1 Å². The largest absolute Gasteiger partial charge is 0.469 e. The van der Waals surface area contributed by atoms with Crippen LogP contribution in [0.5, 0.6) is 0 Å². The third-order valence-corrected chi connectivity index (χ3v) is 9.84. The van der Waals surface area contributed by atoms with Crippen LogP contribution in [-0.4, -0.2) is 85.2 Å². The van der Waals surface area contributed by atoms with E-state index in [9.17, 15) is 19.8 Å². The Balaban J connectivity index is 4.78. The summed E-state index contributed by atoms with van der Waals surface area (Å²) >= 11 is 0. The van der Waals surface area contributed by atoms with Crippen molar-refractivity contribution in [2.45, 2.75) is 224 Å². The summed E-state index contributed by atoms with van der Waals surface area (Å²) < 4.78 is 22.4. The number of hydrogen-bond acceptors (Lipinski definition) is 9. The number of aliphatic hydroxyl groups is 3. The monoisotopic (exact) mass is 731 g/mol. The zero-order chi connectivity index (χ0) is 37.6. The third-order valence-electron chi connectivity index (χ3n) is 9.84. The first-order chi connectivity index (χ1) is 24.9. The number of unbranched alkanes of at least 4 members (excludes halogenated alkanes) is 18. The number of carbonyl (C=O) groups excluding carboxylic acids is 2. The minimum Gasteiger partial charge on any atom is -0.469 e. The molecule has 9 nitrogen and oxygen atoms in total. The van der Waals surface area contributed by atoms with Crippen LogP contribution in [0.4, 0.5) is 0 Å². The van der Waals surface area contributed by atoms with Gasteiger partial charge >= 0.3 is 11.9 Å². The van der Waals surface area contributed by atoms with Crippen molar-refractivity contribution in [1.82, 2.24) is 0 Å². The lowest BCUT2D eigenvalue weighted by Crippen LogP contribution is -2.33. The molecule has 0 aromatic heterocycles. The molecule has 0 bridgehead atoms. The maximum atomic E-state index is 11.7. The van der Waals surface area contributed by atoms with Crippen molar-refractivity contribution in [1.29, 1.82) is 0 Å². The number of esters is 2. The molecule has 0 rings (SSSR count). The summed E-state index contributed by atoms with van der Waals surface area (Å²) in [6.45, 7) is 5.57. The molecule has 0 aliphatic heterocycles. The second-order valence-electron chi connectivity index (χ2n) is 14.6. The summed E-state index contributed by atoms with van der Waals surface area (Å²) in [5, 5.41) is 31.0. The average Bonchev–Trinajstić information content (AvgIpc) is 3.13. The van der Waals surface area contributed by atoms with Gasteiger partial charge in [0.15, 0.2) is 0 Å². The van der Waals surface area contributed by atoms with Gasteiger partial charge in [-0.1, -0.05) is 142 Å². The van der Waals surface area contributed by atoms with E-state index in [0.29, 0.717) is 38.9 Å². The van der Waals surface area contributed by atoms with Crippen molar-refractivity contribution in [3.05, 3.63) is 0 Å². The highest BCUT2D eigenvalue weighted by Crippen LogP contribution is 2.20. The van der Waals surface area contributed by atoms with Crippen molar-refractivity contribution in [3.8, 4) is 0 Å². The van der Waals surface area contributed by atoms with Crippen LogP contribution >= 0.6 is 0 Å². The first-order valence-electron chi connectivity index (χ1n) is 21.3. The van der Waals surface area contributed by atoms with Crippen molar-refractivity contribution in [2.24, 2.45) is 0 Å². The molecule has 0 aromatic rings. The first-order valence-corrected chi connectivity index (χ1v) is 21.3. The second-order valence-corrected chi connectivity index (χ2v) is 14.6. The summed E-state index contributed by atoms with van der Waals surface area (Å²) in [7, 11) is 1.43. The van der Waals surface area contributed by atoms with Gasteiger partial charge in [0.25, 0.3) is 0 Å². The van der Waals surface area contributed by atoms with Gasteiger partial charge in [-0.15, -0.1) is 0 Å². The van der Waals surface area contributed by atoms with Gasteiger partial charge < -0.3 is 34.3 Å². The van der Waals surface area contributed by atoms with Crippen LogP contribution in [0.15, 0.2) is 0 Å². The van der Waals surface area contributed by atoms with Gasteiger partial charge in [0.05, 0.1) is 51.3 Å². The predicted octanol–water partition coefficient (Wildman–Crippen LogP) is 9.54. The predicted molar refractivity (Wildman–Crippen MR) is 207 cm³/mol. The fraction of sp³-hybridized carbons (Fsp3) is 0.952. The van der Waals surface area contributed by atoms with E-state index < -0.39 is 12.2 Å². The van der Waals surface area contributed by atoms with Crippen LogP contribution in [0, 0.1) is 0 Å². The number of methoxy groups -OCH3 is 1. The zero-order valence-corrected chi connectivity index (χ0v) is 33.4. The van der Waals surface area contributed by atoms with Gasteiger partial charge in [-0.3, -0.25) is 9.59 Å². The lowest BCUT2D eigenvalue weighted by atomic mass is 9.99. The molecule has 4 unspecified atom stereocenters. The van der Waals surface area contributed by atoms with Crippen molar-refractivity contribution < 1.29 is 43.9 Å². The third kappa shape index (κ3) is 33.1. The maximum absolute atomic E-state index is 11.7. The van der Waals surface area contributed by atoms with Crippen LogP contribution in [0.3, 0.4) is 0 Å². The first kappa shape index (κ1) is 49.7. The Kier molecular flexibility index (Phi) is 37.5. The van der Waals surface area contributed by atoms with Gasteiger partial charge in [0, 0.05) is 25.9 Å². The Morgan fingerprint density at radius 2 is 0.843 bits per heavy atom. The molecule has 0 amide bonds. The fourth-order valence-electron chi connectivity index (χ4n) is 6.53. The summed E-state index contributed by atoms with van der Waals surface area (Å²) in [4.78, 5) is 23.1. The standard InChI is InChI=1S/C42H82O9/c1-4-6-8-10-14-20-27-37(44)40(30-23-17-13-18-24-31-41(46)48-3)50-36-35-49-39(29-22-16-11-9-7-5-2)38(45)28-21-15-12-19-25-32-42(47)51-34-26-33-43/h37-40,43-45H,4-36H2,1-3H3. The highest BCUT2D eigenvalue weighted by Gasteiger charge is 2.22. The van der Waals surface area contributed by atoms with E-state index in [2.05, 4.69) is 13.8 Å². The molecule has 51 heavy (non-hydrogen) atoms. The summed E-state index contributed by atoms with van der Waals surface area (Å²) in [5.74, 6) is -0.343. The summed E-state index contributed by atoms with van der Waals surface area (Å²) in [6.07, 6.45) is 27.0. The number of hydrogen-bond donors (Lipinski definition) is 3. The van der Waals surface area contributed by atoms with Gasteiger partial charge in [0.1, 0.15) is 0 Å². The molecule has 0 heterocycles. The molecule has 4 atom stereocenters. The van der Waals surface area contributed by atoms with Gasteiger partial charge in [0.2, 0.25) is 0 Å². The Morgan fingerprint density at radius 1 is 0.471 bits per heavy atom. The molecule has 0 spiro atoms. The number of rotatable bonds is 40. The van der Waals surface area contributed by atoms with E-state index in [0.717, 1.165) is 109 Å². The topological polar surface area (TPSA) is 132 Å². The number of carbonyl (C=O) groups is 2. The fourth-order valence-corrected chi connectivity index (χ4v) is 6.53. The smallest absolute Gasteiger partial charge is 0.305 e. The molecule has 9 heteroatoms. The molecule has 0 fully saturated rings. The Morgan fingerprint density at radius 3 is 1.25 bits per heavy atom. The zero-order valence-electron chi connectivity index (χ0n) is 33.4. The van der Waals surface area contributed by atoms with Gasteiger partial charge in [-0.25, -0.2) is 0 Å². The van der Waals surface area contributed by atoms with Crippen LogP contribution < -0.4 is 0 Å². The molecule has 0 saturated carbocycles. The van der Waals surface area contributed by atoms with Crippen molar-refractivity contribution in [3.63, 3.8) is 0 Å². The Labute approximate surface area is 313 Å². The second kappa shape index (κ2) is 38.5. The molecule has 3 N–H and O–H groups in total. The Bertz CT molecular complexity index is 750. The lowest BCUT2D eigenvalue weighted by molar-refractivity contribution is -0.144. The highest BCUT2D eigenvalue weighted by atomic mass is 16.5. The van der Waals surface area contributed by atoms with Crippen molar-refractivity contribution >= 4 is 11.9 Å². The number of ether oxygens (including phenoxy) is 4. The van der Waals surface area contributed by atoms with Gasteiger partial charge in [-0.2, -0.15) is 0 Å². The molecular formula is C42H82O9. The maximum Gasteiger partial charge on any atom is 0.305 e. The molecule has 0 saturated heterocycles. The SMILES string of the molecule is CCCCCCCCC(O)C(CCCCCCCC(=O)OC)OCCOC(CCCCCCCC)C(O)CCCCCCCC(=O)OCCCO. The van der Waals surface area contributed by atoms with E-state index in [1.54, 1.807) is 0 Å². The van der Waals surface area contributed by atoms with Crippen LogP contribution in [0.1, 0.15) is 200 Å². The van der Waals surface area contributed by atoms with E-state index >= 15 is 0 Å². The lowest BCUT2D eigenvalue weighted by Gasteiger charge is -2.26. The van der Waals surface area contributed by atoms with E-state index in [1.165, 1.54) is 58.5 Å². The molecule has 304 valence electrons. The number of aliphatic hydroxyl groups excluding tert-OH is 3. The molecule has 0 radical (unpaired) electrons. The molecular weight excluding hydrogens is 648 g/mol. The van der Waals surface area contributed by atoms with Crippen LogP contribution in [-0.2, 0) is 28.5 Å². The molecule has 0 aromatic carbocycles. The van der Waals surface area contributed by atoms with E-state index in [1.807, 2.05) is 0 Å². The van der Waals surface area contributed by atoms with Gasteiger partial charge in [-0.05, 0) is 38.5 Å². The quantitative estimate of drug-likeness (QED) is 0.0417.